The van der Waals surface area contributed by atoms with Gasteiger partial charge in [0, 0.05) is 6.20 Å². The van der Waals surface area contributed by atoms with E-state index in [1.54, 1.807) is 12.3 Å². The van der Waals surface area contributed by atoms with E-state index in [0.29, 0.717) is 0 Å². The summed E-state index contributed by atoms with van der Waals surface area (Å²) in [5, 5.41) is 0. The number of nitrogens with zero attached hydrogens (tertiary/aromatic N) is 2. The predicted molar refractivity (Wildman–Crippen MR) is 50.7 cm³/mol. The molecule has 0 aliphatic heterocycles. The minimum atomic E-state index is 0.912. The van der Waals surface area contributed by atoms with Crippen LogP contribution < -0.4 is 0 Å². The van der Waals surface area contributed by atoms with Gasteiger partial charge in [0.2, 0.25) is 0 Å². The maximum atomic E-state index is 4.31. The van der Waals surface area contributed by atoms with Crippen LogP contribution in [0.2, 0.25) is 0 Å². The van der Waals surface area contributed by atoms with Crippen LogP contribution in [0.25, 0.3) is 6.08 Å². The lowest BCUT2D eigenvalue weighted by molar-refractivity contribution is 1.05. The van der Waals surface area contributed by atoms with Gasteiger partial charge >= 0.3 is 0 Å². The third-order valence-corrected chi connectivity index (χ3v) is 1.50. The van der Waals surface area contributed by atoms with Crippen LogP contribution in [-0.4, -0.2) is 9.97 Å². The third kappa shape index (κ3) is 2.02. The monoisotopic (exact) mass is 160 g/mol. The van der Waals surface area contributed by atoms with E-state index in [1.807, 2.05) is 26.0 Å². The SMILES string of the molecule is C=C/C=C/c1nc(C)cnc1C. The Labute approximate surface area is 72.7 Å². The van der Waals surface area contributed by atoms with E-state index >= 15 is 0 Å². The lowest BCUT2D eigenvalue weighted by atomic mass is 10.3. The number of hydrogen-bond donors (Lipinski definition) is 0. The summed E-state index contributed by atoms with van der Waals surface area (Å²) >= 11 is 0. The van der Waals surface area contributed by atoms with Gasteiger partial charge in [-0.1, -0.05) is 18.7 Å². The molecule has 0 aromatic carbocycles. The molecule has 0 radical (unpaired) electrons. The quantitative estimate of drug-likeness (QED) is 0.620. The fourth-order valence-corrected chi connectivity index (χ4v) is 0.873. The second-order valence-electron chi connectivity index (χ2n) is 2.58. The van der Waals surface area contributed by atoms with Gasteiger partial charge in [-0.05, 0) is 19.9 Å². The van der Waals surface area contributed by atoms with Crippen LogP contribution in [0.5, 0.6) is 0 Å². The molecule has 2 heteroatoms. The van der Waals surface area contributed by atoms with Crippen LogP contribution in [0.15, 0.2) is 24.9 Å². The summed E-state index contributed by atoms with van der Waals surface area (Å²) in [6.45, 7) is 7.46. The van der Waals surface area contributed by atoms with E-state index < -0.39 is 0 Å². The highest BCUT2D eigenvalue weighted by atomic mass is 14.8. The highest BCUT2D eigenvalue weighted by Crippen LogP contribution is 2.04. The maximum absolute atomic E-state index is 4.31. The Morgan fingerprint density at radius 3 is 2.83 bits per heavy atom. The molecule has 0 N–H and O–H groups in total. The van der Waals surface area contributed by atoms with Crippen molar-refractivity contribution < 1.29 is 0 Å². The first-order chi connectivity index (χ1) is 5.74. The van der Waals surface area contributed by atoms with E-state index in [1.165, 1.54) is 0 Å². The molecule has 0 spiro atoms. The molecule has 1 heterocycles. The Kier molecular flexibility index (Phi) is 2.75. The second kappa shape index (κ2) is 3.81. The Morgan fingerprint density at radius 2 is 2.17 bits per heavy atom. The molecule has 1 aromatic heterocycles. The number of aromatic nitrogens is 2. The van der Waals surface area contributed by atoms with Gasteiger partial charge in [-0.3, -0.25) is 9.97 Å². The summed E-state index contributed by atoms with van der Waals surface area (Å²) < 4.78 is 0. The van der Waals surface area contributed by atoms with Crippen molar-refractivity contribution in [3.05, 3.63) is 42.0 Å². The average Bonchev–Trinajstić information content (AvgIpc) is 2.07. The second-order valence-corrected chi connectivity index (χ2v) is 2.58. The zero-order valence-electron chi connectivity index (χ0n) is 7.41. The van der Waals surface area contributed by atoms with Crippen LogP contribution in [-0.2, 0) is 0 Å². The number of hydrogen-bond acceptors (Lipinski definition) is 2. The first-order valence-corrected chi connectivity index (χ1v) is 3.83. The molecule has 62 valence electrons. The zero-order valence-corrected chi connectivity index (χ0v) is 7.41. The van der Waals surface area contributed by atoms with Gasteiger partial charge in [0.15, 0.2) is 0 Å². The first-order valence-electron chi connectivity index (χ1n) is 3.83. The largest absolute Gasteiger partial charge is 0.257 e. The first kappa shape index (κ1) is 8.65. The van der Waals surface area contributed by atoms with Crippen molar-refractivity contribution in [2.45, 2.75) is 13.8 Å². The molecule has 0 aliphatic rings. The highest BCUT2D eigenvalue weighted by molar-refractivity contribution is 5.48. The van der Waals surface area contributed by atoms with Crippen LogP contribution in [0, 0.1) is 13.8 Å². The Morgan fingerprint density at radius 1 is 1.42 bits per heavy atom. The maximum Gasteiger partial charge on any atom is 0.0845 e. The molecule has 0 bridgehead atoms. The lowest BCUT2D eigenvalue weighted by Gasteiger charge is -1.98. The van der Waals surface area contributed by atoms with Gasteiger partial charge in [0.1, 0.15) is 0 Å². The van der Waals surface area contributed by atoms with E-state index in [-0.39, 0.29) is 0 Å². The van der Waals surface area contributed by atoms with Gasteiger partial charge in [-0.15, -0.1) is 0 Å². The number of aryl methyl sites for hydroxylation is 2. The molecule has 0 saturated carbocycles. The Hall–Kier alpha value is -1.44. The standard InChI is InChI=1S/C10H12N2/c1-4-5-6-10-9(3)11-7-8(2)12-10/h4-7H,1H2,2-3H3/b6-5+. The Balaban J connectivity index is 3.04. The summed E-state index contributed by atoms with van der Waals surface area (Å²) in [7, 11) is 0. The molecule has 0 atom stereocenters. The molecular weight excluding hydrogens is 148 g/mol. The summed E-state index contributed by atoms with van der Waals surface area (Å²) in [5.41, 5.74) is 2.79. The van der Waals surface area contributed by atoms with Crippen molar-refractivity contribution in [3.8, 4) is 0 Å². The predicted octanol–water partition coefficient (Wildman–Crippen LogP) is 2.29. The fraction of sp³-hybridized carbons (Fsp3) is 0.200. The van der Waals surface area contributed by atoms with Crippen LogP contribution in [0.4, 0.5) is 0 Å². The molecular formula is C10H12N2. The van der Waals surface area contributed by atoms with Crippen molar-refractivity contribution in [2.75, 3.05) is 0 Å². The minimum absolute atomic E-state index is 0.912. The topological polar surface area (TPSA) is 25.8 Å². The number of rotatable bonds is 2. The van der Waals surface area contributed by atoms with Gasteiger partial charge in [0.25, 0.3) is 0 Å². The molecule has 0 amide bonds. The molecule has 2 nitrogen and oxygen atoms in total. The van der Waals surface area contributed by atoms with Crippen molar-refractivity contribution in [1.82, 2.24) is 9.97 Å². The van der Waals surface area contributed by atoms with E-state index in [9.17, 15) is 0 Å². The zero-order chi connectivity index (χ0) is 8.97. The molecule has 0 aliphatic carbocycles. The number of allylic oxidation sites excluding steroid dienone is 2. The van der Waals surface area contributed by atoms with Crippen molar-refractivity contribution in [3.63, 3.8) is 0 Å². The molecule has 1 rings (SSSR count). The summed E-state index contributed by atoms with van der Waals surface area (Å²) in [6, 6.07) is 0. The molecule has 12 heavy (non-hydrogen) atoms. The lowest BCUT2D eigenvalue weighted by Crippen LogP contribution is -1.92. The molecule has 0 fully saturated rings. The van der Waals surface area contributed by atoms with E-state index in [4.69, 9.17) is 0 Å². The van der Waals surface area contributed by atoms with Crippen LogP contribution in [0.1, 0.15) is 17.1 Å². The Bertz CT molecular complexity index is 314. The molecule has 0 saturated heterocycles. The molecule has 0 unspecified atom stereocenters. The average molecular weight is 160 g/mol. The van der Waals surface area contributed by atoms with Gasteiger partial charge in [-0.2, -0.15) is 0 Å². The van der Waals surface area contributed by atoms with Gasteiger partial charge in [0.05, 0.1) is 17.1 Å². The summed E-state index contributed by atoms with van der Waals surface area (Å²) in [6.07, 6.45) is 7.25. The van der Waals surface area contributed by atoms with Gasteiger partial charge in [-0.25, -0.2) is 0 Å². The minimum Gasteiger partial charge on any atom is -0.257 e. The van der Waals surface area contributed by atoms with E-state index in [0.717, 1.165) is 17.1 Å². The fourth-order valence-electron chi connectivity index (χ4n) is 0.873. The normalized spacial score (nSPS) is 10.5. The summed E-state index contributed by atoms with van der Waals surface area (Å²) in [5.74, 6) is 0. The van der Waals surface area contributed by atoms with Crippen LogP contribution >= 0.6 is 0 Å². The van der Waals surface area contributed by atoms with Crippen LogP contribution in [0.3, 0.4) is 0 Å². The third-order valence-electron chi connectivity index (χ3n) is 1.50. The summed E-state index contributed by atoms with van der Waals surface area (Å²) in [4.78, 5) is 8.50. The van der Waals surface area contributed by atoms with E-state index in [2.05, 4.69) is 16.5 Å². The van der Waals surface area contributed by atoms with Crippen molar-refractivity contribution >= 4 is 6.08 Å². The van der Waals surface area contributed by atoms with Crippen molar-refractivity contribution in [1.29, 1.82) is 0 Å². The molecule has 1 aromatic rings. The smallest absolute Gasteiger partial charge is 0.0845 e. The van der Waals surface area contributed by atoms with Crippen molar-refractivity contribution in [2.24, 2.45) is 0 Å². The highest BCUT2D eigenvalue weighted by Gasteiger charge is 1.95. The van der Waals surface area contributed by atoms with Gasteiger partial charge < -0.3 is 0 Å².